The number of aromatic nitrogens is 5. The molecule has 226 valence electrons. The van der Waals surface area contributed by atoms with Crippen molar-refractivity contribution in [2.24, 2.45) is 0 Å². The lowest BCUT2D eigenvalue weighted by atomic mass is 9.92. The van der Waals surface area contributed by atoms with Gasteiger partial charge < -0.3 is 10.1 Å². The highest BCUT2D eigenvalue weighted by Crippen LogP contribution is 2.33. The maximum atomic E-state index is 13.4. The second kappa shape index (κ2) is 12.7. The molecule has 0 spiro atoms. The van der Waals surface area contributed by atoms with Crippen LogP contribution in [0.25, 0.3) is 27.6 Å². The molecule has 3 aromatic heterocycles. The summed E-state index contributed by atoms with van der Waals surface area (Å²) in [6.45, 7) is 10.4. The van der Waals surface area contributed by atoms with Crippen LogP contribution in [0, 0.1) is 0 Å². The minimum absolute atomic E-state index is 0.222. The summed E-state index contributed by atoms with van der Waals surface area (Å²) in [6.07, 6.45) is 7.27. The van der Waals surface area contributed by atoms with Gasteiger partial charge in [-0.2, -0.15) is 5.10 Å². The zero-order chi connectivity index (χ0) is 30.7. The Morgan fingerprint density at radius 1 is 0.932 bits per heavy atom. The first-order chi connectivity index (χ1) is 21.3. The molecule has 0 aliphatic carbocycles. The van der Waals surface area contributed by atoms with Crippen molar-refractivity contribution in [1.29, 1.82) is 0 Å². The fourth-order valence-corrected chi connectivity index (χ4v) is 5.47. The van der Waals surface area contributed by atoms with Crippen molar-refractivity contribution in [3.8, 4) is 16.8 Å². The zero-order valence-corrected chi connectivity index (χ0v) is 26.2. The zero-order valence-electron chi connectivity index (χ0n) is 25.4. The first kappa shape index (κ1) is 29.7. The van der Waals surface area contributed by atoms with Gasteiger partial charge in [-0.25, -0.2) is 19.4 Å². The molecule has 1 aliphatic rings. The van der Waals surface area contributed by atoms with Crippen molar-refractivity contribution in [3.05, 3.63) is 84.6 Å². The molecule has 1 aliphatic heterocycles. The van der Waals surface area contributed by atoms with Crippen LogP contribution < -0.4 is 10.6 Å². The third-order valence-corrected chi connectivity index (χ3v) is 8.13. The predicted octanol–water partition coefficient (Wildman–Crippen LogP) is 6.37. The molecule has 2 N–H and O–H groups in total. The number of anilines is 2. The Balaban J connectivity index is 1.24. The van der Waals surface area contributed by atoms with E-state index in [0.29, 0.717) is 22.3 Å². The van der Waals surface area contributed by atoms with Crippen LogP contribution in [-0.4, -0.2) is 68.2 Å². The summed E-state index contributed by atoms with van der Waals surface area (Å²) in [5.74, 6) is 0.525. The van der Waals surface area contributed by atoms with Crippen molar-refractivity contribution in [1.82, 2.24) is 29.6 Å². The average molecular weight is 609 g/mol. The fraction of sp³-hybridized carbons (Fsp3) is 0.303. The summed E-state index contributed by atoms with van der Waals surface area (Å²) in [7, 11) is 0. The van der Waals surface area contributed by atoms with Gasteiger partial charge in [-0.3, -0.25) is 15.2 Å². The number of carbonyl (C=O) groups is 1. The molecule has 44 heavy (non-hydrogen) atoms. The van der Waals surface area contributed by atoms with Crippen LogP contribution in [0.15, 0.2) is 78.3 Å². The van der Waals surface area contributed by atoms with Gasteiger partial charge in [-0.05, 0) is 29.3 Å². The number of hydrogen-bond donors (Lipinski definition) is 2. The topological polar surface area (TPSA) is 110 Å². The number of rotatable bonds is 7. The Hall–Kier alpha value is -4.32. The quantitative estimate of drug-likeness (QED) is 0.162. The van der Waals surface area contributed by atoms with Crippen LogP contribution in [0.4, 0.5) is 16.3 Å². The minimum Gasteiger partial charge on any atom is -0.379 e. The van der Waals surface area contributed by atoms with Gasteiger partial charge in [-0.15, -0.1) is 0 Å². The molecule has 0 saturated carbocycles. The molecule has 1 saturated heterocycles. The van der Waals surface area contributed by atoms with Gasteiger partial charge in [-0.1, -0.05) is 68.9 Å². The monoisotopic (exact) mass is 608 g/mol. The third kappa shape index (κ3) is 6.59. The summed E-state index contributed by atoms with van der Waals surface area (Å²) in [5.41, 5.74) is 5.09. The van der Waals surface area contributed by atoms with Gasteiger partial charge in [0.05, 0.1) is 42.7 Å². The van der Waals surface area contributed by atoms with Gasteiger partial charge >= 0.3 is 6.03 Å². The standard InChI is InChI=1S/C33H36N8O2S/c1-33(2,3)29-17-30(41(39-29)24-19-35-32(44-4)36-20-24)38-31(42)37-28-12-11-25(26-7-5-6-8-27(26)28)22-9-10-23(34-18-22)21-40-13-15-43-16-14-40/h5-12,17-20H,13-16,21H2,1-4H3,(H2,37,38,42). The van der Waals surface area contributed by atoms with Gasteiger partial charge in [0, 0.05) is 48.3 Å². The summed E-state index contributed by atoms with van der Waals surface area (Å²) in [5, 5.41) is 13.5. The lowest BCUT2D eigenvalue weighted by molar-refractivity contribution is 0.0336. The van der Waals surface area contributed by atoms with Gasteiger partial charge in [0.2, 0.25) is 0 Å². The number of nitrogens with one attached hydrogen (secondary N) is 2. The maximum Gasteiger partial charge on any atom is 0.324 e. The normalized spacial score (nSPS) is 14.1. The second-order valence-corrected chi connectivity index (χ2v) is 12.5. The van der Waals surface area contributed by atoms with E-state index >= 15 is 0 Å². The number of thioether (sulfide) groups is 1. The Kier molecular flexibility index (Phi) is 8.60. The van der Waals surface area contributed by atoms with Crippen LogP contribution in [0.2, 0.25) is 0 Å². The molecular weight excluding hydrogens is 572 g/mol. The number of morpholine rings is 1. The van der Waals surface area contributed by atoms with Gasteiger partial charge in [0.25, 0.3) is 0 Å². The highest BCUT2D eigenvalue weighted by Gasteiger charge is 2.22. The lowest BCUT2D eigenvalue weighted by Gasteiger charge is -2.26. The molecule has 11 heteroatoms. The molecule has 5 aromatic rings. The van der Waals surface area contributed by atoms with Crippen LogP contribution in [0.3, 0.4) is 0 Å². The lowest BCUT2D eigenvalue weighted by Crippen LogP contribution is -2.35. The number of nitrogens with zero attached hydrogens (tertiary/aromatic N) is 6. The Bertz CT molecular complexity index is 1760. The number of hydrogen-bond acceptors (Lipinski definition) is 8. The number of amides is 2. The average Bonchev–Trinajstić information content (AvgIpc) is 3.46. The number of fused-ring (bicyclic) bond motifs is 1. The van der Waals surface area contributed by atoms with E-state index in [1.165, 1.54) is 11.8 Å². The molecule has 2 aromatic carbocycles. The molecular formula is C33H36N8O2S. The van der Waals surface area contributed by atoms with E-state index < -0.39 is 0 Å². The van der Waals surface area contributed by atoms with Crippen LogP contribution >= 0.6 is 11.8 Å². The Morgan fingerprint density at radius 2 is 1.68 bits per heavy atom. The van der Waals surface area contributed by atoms with E-state index in [4.69, 9.17) is 14.8 Å². The van der Waals surface area contributed by atoms with Crippen molar-refractivity contribution >= 4 is 40.1 Å². The summed E-state index contributed by atoms with van der Waals surface area (Å²) >= 11 is 1.46. The predicted molar refractivity (Wildman–Crippen MR) is 176 cm³/mol. The largest absolute Gasteiger partial charge is 0.379 e. The number of pyridine rings is 1. The van der Waals surface area contributed by atoms with Crippen LogP contribution in [-0.2, 0) is 16.7 Å². The molecule has 2 amide bonds. The molecule has 0 bridgehead atoms. The molecule has 0 atom stereocenters. The van der Waals surface area contributed by atoms with Crippen LogP contribution in [0.5, 0.6) is 0 Å². The minimum atomic E-state index is -0.375. The number of urea groups is 1. The molecule has 0 radical (unpaired) electrons. The first-order valence-electron chi connectivity index (χ1n) is 14.6. The number of benzene rings is 2. The van der Waals surface area contributed by atoms with Crippen molar-refractivity contribution in [3.63, 3.8) is 0 Å². The smallest absolute Gasteiger partial charge is 0.324 e. The van der Waals surface area contributed by atoms with Crippen molar-refractivity contribution < 1.29 is 9.53 Å². The van der Waals surface area contributed by atoms with E-state index in [9.17, 15) is 4.79 Å². The van der Waals surface area contributed by atoms with E-state index in [1.54, 1.807) is 17.1 Å². The molecule has 0 unspecified atom stereocenters. The van der Waals surface area contributed by atoms with E-state index in [2.05, 4.69) is 64.5 Å². The van der Waals surface area contributed by atoms with Crippen molar-refractivity contribution in [2.75, 3.05) is 43.2 Å². The summed E-state index contributed by atoms with van der Waals surface area (Å²) in [6, 6.07) is 17.8. The molecule has 1 fully saturated rings. The highest BCUT2D eigenvalue weighted by molar-refractivity contribution is 7.98. The fourth-order valence-electron chi connectivity index (χ4n) is 5.15. The summed E-state index contributed by atoms with van der Waals surface area (Å²) in [4.78, 5) is 29.3. The van der Waals surface area contributed by atoms with E-state index in [-0.39, 0.29) is 11.4 Å². The summed E-state index contributed by atoms with van der Waals surface area (Å²) < 4.78 is 7.13. The second-order valence-electron chi connectivity index (χ2n) is 11.7. The molecule has 4 heterocycles. The third-order valence-electron chi connectivity index (χ3n) is 7.56. The SMILES string of the molecule is CSc1ncc(-n2nc(C(C)(C)C)cc2NC(=O)Nc2ccc(-c3ccc(CN4CCOCC4)nc3)c3ccccc23)cn1. The first-order valence-corrected chi connectivity index (χ1v) is 15.8. The van der Waals surface area contributed by atoms with E-state index in [1.807, 2.05) is 48.9 Å². The van der Waals surface area contributed by atoms with Gasteiger partial charge in [0.1, 0.15) is 11.5 Å². The molecule has 10 nitrogen and oxygen atoms in total. The van der Waals surface area contributed by atoms with Crippen LogP contribution in [0.1, 0.15) is 32.2 Å². The number of carbonyl (C=O) groups excluding carboxylic acids is 1. The maximum absolute atomic E-state index is 13.4. The Labute approximate surface area is 261 Å². The Morgan fingerprint density at radius 3 is 2.36 bits per heavy atom. The number of ether oxygens (including phenoxy) is 1. The highest BCUT2D eigenvalue weighted by atomic mass is 32.2. The van der Waals surface area contributed by atoms with E-state index in [0.717, 1.165) is 66.1 Å². The van der Waals surface area contributed by atoms with Gasteiger partial charge in [0.15, 0.2) is 5.16 Å². The van der Waals surface area contributed by atoms with Crippen molar-refractivity contribution in [2.45, 2.75) is 37.9 Å². The molecule has 6 rings (SSSR count).